The van der Waals surface area contributed by atoms with E-state index < -0.39 is 10.0 Å². The number of piperidine rings is 1. The number of benzene rings is 2. The van der Waals surface area contributed by atoms with E-state index in [1.54, 1.807) is 32.2 Å². The van der Waals surface area contributed by atoms with Gasteiger partial charge in [0.1, 0.15) is 17.6 Å². The Hall–Kier alpha value is -2.05. The van der Waals surface area contributed by atoms with Gasteiger partial charge in [-0.25, -0.2) is 8.42 Å². The summed E-state index contributed by atoms with van der Waals surface area (Å²) in [6.07, 6.45) is 1.50. The van der Waals surface area contributed by atoms with Crippen molar-refractivity contribution in [3.63, 3.8) is 0 Å². The molecule has 0 aromatic heterocycles. The van der Waals surface area contributed by atoms with Crippen LogP contribution in [-0.2, 0) is 10.0 Å². The molecule has 134 valence electrons. The van der Waals surface area contributed by atoms with Crippen molar-refractivity contribution in [2.45, 2.75) is 30.8 Å². The lowest BCUT2D eigenvalue weighted by molar-refractivity contribution is 0.130. The molecule has 2 aromatic rings. The van der Waals surface area contributed by atoms with Gasteiger partial charge in [-0.3, -0.25) is 0 Å². The van der Waals surface area contributed by atoms with Gasteiger partial charge in [0, 0.05) is 6.54 Å². The van der Waals surface area contributed by atoms with Crippen LogP contribution in [0.4, 0.5) is 0 Å². The Morgan fingerprint density at radius 1 is 1.08 bits per heavy atom. The van der Waals surface area contributed by atoms with Crippen molar-refractivity contribution >= 4 is 10.0 Å². The smallest absolute Gasteiger partial charge is 0.243 e. The number of nitrogens with zero attached hydrogens (tertiary/aromatic N) is 1. The van der Waals surface area contributed by atoms with Gasteiger partial charge in [-0.05, 0) is 55.7 Å². The van der Waals surface area contributed by atoms with Crippen LogP contribution >= 0.6 is 0 Å². The van der Waals surface area contributed by atoms with E-state index in [1.807, 2.05) is 30.3 Å². The molecule has 1 fully saturated rings. The van der Waals surface area contributed by atoms with Gasteiger partial charge in [-0.1, -0.05) is 18.2 Å². The van der Waals surface area contributed by atoms with Crippen LogP contribution < -0.4 is 9.47 Å². The lowest BCUT2D eigenvalue weighted by Gasteiger charge is -2.32. The molecule has 0 bridgehead atoms. The van der Waals surface area contributed by atoms with Gasteiger partial charge in [0.25, 0.3) is 0 Å². The molecule has 2 aromatic carbocycles. The minimum Gasteiger partial charge on any atom is -0.497 e. The topological polar surface area (TPSA) is 55.8 Å². The Bertz CT molecular complexity index is 821. The fourth-order valence-corrected chi connectivity index (χ4v) is 4.80. The monoisotopic (exact) mass is 361 g/mol. The van der Waals surface area contributed by atoms with Gasteiger partial charge in [-0.15, -0.1) is 0 Å². The van der Waals surface area contributed by atoms with Crippen molar-refractivity contribution in [2.75, 3.05) is 20.2 Å². The van der Waals surface area contributed by atoms with Crippen molar-refractivity contribution in [3.8, 4) is 11.5 Å². The van der Waals surface area contributed by atoms with E-state index >= 15 is 0 Å². The van der Waals surface area contributed by atoms with Gasteiger partial charge >= 0.3 is 0 Å². The molecule has 0 N–H and O–H groups in total. The Morgan fingerprint density at radius 2 is 1.84 bits per heavy atom. The first-order chi connectivity index (χ1) is 12.0. The quantitative estimate of drug-likeness (QED) is 0.820. The second-order valence-corrected chi connectivity index (χ2v) is 8.10. The fraction of sp³-hybridized carbons (Fsp3) is 0.368. The zero-order valence-corrected chi connectivity index (χ0v) is 15.3. The van der Waals surface area contributed by atoms with Crippen molar-refractivity contribution in [1.82, 2.24) is 4.31 Å². The molecule has 1 heterocycles. The van der Waals surface area contributed by atoms with Crippen LogP contribution in [0.1, 0.15) is 18.4 Å². The van der Waals surface area contributed by atoms with Crippen LogP contribution in [0.2, 0.25) is 0 Å². The van der Waals surface area contributed by atoms with Gasteiger partial charge in [-0.2, -0.15) is 4.31 Å². The first kappa shape index (κ1) is 17.8. The Kier molecular flexibility index (Phi) is 5.30. The first-order valence-corrected chi connectivity index (χ1v) is 9.81. The minimum absolute atomic E-state index is 0.135. The average Bonchev–Trinajstić information content (AvgIpc) is 2.62. The lowest BCUT2D eigenvalue weighted by atomic mass is 10.1. The molecule has 25 heavy (non-hydrogen) atoms. The van der Waals surface area contributed by atoms with Crippen LogP contribution in [-0.4, -0.2) is 39.0 Å². The highest BCUT2D eigenvalue weighted by Gasteiger charge is 2.32. The predicted octanol–water partition coefficient (Wildman–Crippen LogP) is 3.24. The van der Waals surface area contributed by atoms with E-state index in [0.29, 0.717) is 29.3 Å². The molecule has 1 saturated heterocycles. The molecule has 1 aliphatic rings. The highest BCUT2D eigenvalue weighted by Crippen LogP contribution is 2.27. The normalized spacial score (nSPS) is 18.7. The maximum absolute atomic E-state index is 13.0. The second kappa shape index (κ2) is 7.45. The summed E-state index contributed by atoms with van der Waals surface area (Å²) in [5.41, 5.74) is 0.686. The van der Waals surface area contributed by atoms with E-state index in [1.165, 1.54) is 4.31 Å². The second-order valence-electron chi connectivity index (χ2n) is 6.19. The van der Waals surface area contributed by atoms with Crippen LogP contribution in [0.15, 0.2) is 53.4 Å². The highest BCUT2D eigenvalue weighted by atomic mass is 32.2. The first-order valence-electron chi connectivity index (χ1n) is 8.37. The van der Waals surface area contributed by atoms with Crippen molar-refractivity contribution in [2.24, 2.45) is 0 Å². The van der Waals surface area contributed by atoms with Crippen molar-refractivity contribution < 1.29 is 17.9 Å². The summed E-state index contributed by atoms with van der Waals surface area (Å²) in [4.78, 5) is 0.327. The summed E-state index contributed by atoms with van der Waals surface area (Å²) in [6.45, 7) is 2.67. The summed E-state index contributed by atoms with van der Waals surface area (Å²) in [5.74, 6) is 1.42. The van der Waals surface area contributed by atoms with Crippen LogP contribution in [0.3, 0.4) is 0 Å². The van der Waals surface area contributed by atoms with Crippen LogP contribution in [0.5, 0.6) is 11.5 Å². The van der Waals surface area contributed by atoms with Gasteiger partial charge in [0.2, 0.25) is 10.0 Å². The van der Waals surface area contributed by atoms with E-state index in [0.717, 1.165) is 18.6 Å². The third kappa shape index (κ3) is 3.96. The summed E-state index contributed by atoms with van der Waals surface area (Å²) in [5, 5.41) is 0. The predicted molar refractivity (Wildman–Crippen MR) is 96.6 cm³/mol. The van der Waals surface area contributed by atoms with Gasteiger partial charge in [0.05, 0.1) is 18.6 Å². The lowest BCUT2D eigenvalue weighted by Crippen LogP contribution is -2.44. The molecule has 1 aliphatic heterocycles. The number of sulfonamides is 1. The average molecular weight is 361 g/mol. The number of hydrogen-bond acceptors (Lipinski definition) is 4. The molecule has 3 rings (SSSR count). The Balaban J connectivity index is 1.78. The third-order valence-corrected chi connectivity index (χ3v) is 6.41. The summed E-state index contributed by atoms with van der Waals surface area (Å²) >= 11 is 0. The number of methoxy groups -OCH3 is 1. The number of hydrogen-bond donors (Lipinski definition) is 0. The molecule has 0 radical (unpaired) electrons. The minimum atomic E-state index is -3.55. The van der Waals surface area contributed by atoms with Crippen LogP contribution in [0.25, 0.3) is 0 Å². The molecule has 0 amide bonds. The largest absolute Gasteiger partial charge is 0.497 e. The van der Waals surface area contributed by atoms with Crippen LogP contribution in [0, 0.1) is 6.92 Å². The summed E-state index contributed by atoms with van der Waals surface area (Å²) in [6, 6.07) is 14.6. The Morgan fingerprint density at radius 3 is 2.52 bits per heavy atom. The number of rotatable bonds is 5. The molecule has 1 atom stereocenters. The fourth-order valence-electron chi connectivity index (χ4n) is 3.09. The standard InChI is InChI=1S/C19H23NO4S/c1-15-13-17(23-2)10-11-19(15)25(21,22)20-12-6-9-18(14-20)24-16-7-4-3-5-8-16/h3-5,7-8,10-11,13,18H,6,9,12,14H2,1-2H3. The summed E-state index contributed by atoms with van der Waals surface area (Å²) < 4.78 is 38.7. The summed E-state index contributed by atoms with van der Waals surface area (Å²) in [7, 11) is -1.98. The zero-order valence-electron chi connectivity index (χ0n) is 14.5. The molecule has 0 aliphatic carbocycles. The number of ether oxygens (including phenoxy) is 2. The molecule has 5 nitrogen and oxygen atoms in total. The maximum Gasteiger partial charge on any atom is 0.243 e. The van der Waals surface area contributed by atoms with Crippen molar-refractivity contribution in [1.29, 1.82) is 0 Å². The van der Waals surface area contributed by atoms with Gasteiger partial charge < -0.3 is 9.47 Å². The van der Waals surface area contributed by atoms with E-state index in [4.69, 9.17) is 9.47 Å². The molecule has 0 saturated carbocycles. The number of aryl methyl sites for hydroxylation is 1. The zero-order chi connectivity index (χ0) is 17.9. The van der Waals surface area contributed by atoms with Gasteiger partial charge in [0.15, 0.2) is 0 Å². The van der Waals surface area contributed by atoms with Crippen molar-refractivity contribution in [3.05, 3.63) is 54.1 Å². The Labute approximate surface area is 149 Å². The molecule has 6 heteroatoms. The molecular formula is C19H23NO4S. The SMILES string of the molecule is COc1ccc(S(=O)(=O)N2CCCC(Oc3ccccc3)C2)c(C)c1. The van der Waals surface area contributed by atoms with E-state index in [2.05, 4.69) is 0 Å². The van der Waals surface area contributed by atoms with E-state index in [9.17, 15) is 8.42 Å². The molecule has 0 spiro atoms. The van der Waals surface area contributed by atoms with E-state index in [-0.39, 0.29) is 6.10 Å². The third-order valence-electron chi connectivity index (χ3n) is 4.39. The highest BCUT2D eigenvalue weighted by molar-refractivity contribution is 7.89. The molecular weight excluding hydrogens is 338 g/mol. The number of para-hydroxylation sites is 1. The molecule has 1 unspecified atom stereocenters. The maximum atomic E-state index is 13.0.